The van der Waals surface area contributed by atoms with Gasteiger partial charge in [-0.15, -0.1) is 0 Å². The smallest absolute Gasteiger partial charge is 0.370 e. The van der Waals surface area contributed by atoms with Crippen molar-refractivity contribution in [3.8, 4) is 0 Å². The van der Waals surface area contributed by atoms with Crippen LogP contribution in [0.2, 0.25) is 0 Å². The molecule has 1 aromatic rings. The Morgan fingerprint density at radius 2 is 1.95 bits per heavy atom. The monoisotopic (exact) mass is 288 g/mol. The Labute approximate surface area is 116 Å². The minimum Gasteiger partial charge on any atom is -0.370 e. The van der Waals surface area contributed by atoms with Crippen LogP contribution < -0.4 is 0 Å². The summed E-state index contributed by atoms with van der Waals surface area (Å²) in [6, 6.07) is 4.85. The van der Waals surface area contributed by atoms with E-state index in [0.717, 1.165) is 12.1 Å². The second kappa shape index (κ2) is 6.88. The Morgan fingerprint density at radius 3 is 2.45 bits per heavy atom. The van der Waals surface area contributed by atoms with Crippen LogP contribution in [0, 0.1) is 5.92 Å². The Kier molecular flexibility index (Phi) is 5.74. The molecule has 1 aromatic carbocycles. The van der Waals surface area contributed by atoms with Gasteiger partial charge in [-0.25, -0.2) is 0 Å². The molecule has 0 radical (unpaired) electrons. The zero-order chi connectivity index (χ0) is 15.3. The summed E-state index contributed by atoms with van der Waals surface area (Å²) in [5.74, 6) is -0.200. The Balaban J connectivity index is 2.85. The largest absolute Gasteiger partial charge is 0.416 e. The number of halogens is 3. The van der Waals surface area contributed by atoms with Crippen molar-refractivity contribution in [1.82, 2.24) is 0 Å². The summed E-state index contributed by atoms with van der Waals surface area (Å²) in [5, 5.41) is 0. The standard InChI is InChI=1S/C15H19F3O2/c1-4-20-14(10(2)3)13(19)9-11-6-5-7-12(8-11)15(16,17)18/h5-8,10,14H,4,9H2,1-3H3. The highest BCUT2D eigenvalue weighted by Crippen LogP contribution is 2.29. The molecule has 0 amide bonds. The molecule has 0 saturated heterocycles. The number of hydrogen-bond donors (Lipinski definition) is 0. The number of ketones is 1. The van der Waals surface area contributed by atoms with E-state index in [-0.39, 0.29) is 18.1 Å². The van der Waals surface area contributed by atoms with Crippen LogP contribution >= 0.6 is 0 Å². The molecular formula is C15H19F3O2. The fourth-order valence-corrected chi connectivity index (χ4v) is 2.00. The van der Waals surface area contributed by atoms with Gasteiger partial charge in [0.1, 0.15) is 6.10 Å². The summed E-state index contributed by atoms with van der Waals surface area (Å²) in [6.45, 7) is 5.89. The molecule has 0 bridgehead atoms. The molecule has 0 aliphatic rings. The van der Waals surface area contributed by atoms with E-state index in [1.54, 1.807) is 6.92 Å². The van der Waals surface area contributed by atoms with E-state index < -0.39 is 17.8 Å². The minimum atomic E-state index is -4.39. The highest BCUT2D eigenvalue weighted by atomic mass is 19.4. The fourth-order valence-electron chi connectivity index (χ4n) is 2.00. The average Bonchev–Trinajstić information content (AvgIpc) is 2.34. The third-order valence-electron chi connectivity index (χ3n) is 2.90. The van der Waals surface area contributed by atoms with Crippen molar-refractivity contribution in [1.29, 1.82) is 0 Å². The number of rotatable bonds is 6. The second-order valence-electron chi connectivity index (χ2n) is 4.96. The molecule has 2 nitrogen and oxygen atoms in total. The Bertz CT molecular complexity index is 453. The zero-order valence-corrected chi connectivity index (χ0v) is 11.8. The molecule has 0 saturated carbocycles. The number of hydrogen-bond acceptors (Lipinski definition) is 2. The van der Waals surface area contributed by atoms with E-state index in [4.69, 9.17) is 4.74 Å². The van der Waals surface area contributed by atoms with Gasteiger partial charge in [-0.05, 0) is 24.5 Å². The van der Waals surface area contributed by atoms with Crippen LogP contribution in [0.25, 0.3) is 0 Å². The summed E-state index contributed by atoms with van der Waals surface area (Å²) < 4.78 is 43.2. The second-order valence-corrected chi connectivity index (χ2v) is 4.96. The van der Waals surface area contributed by atoms with Crippen LogP contribution in [0.5, 0.6) is 0 Å². The maximum Gasteiger partial charge on any atom is 0.416 e. The molecular weight excluding hydrogens is 269 g/mol. The minimum absolute atomic E-state index is 0.00625. The number of ether oxygens (including phenoxy) is 1. The first kappa shape index (κ1) is 16.7. The lowest BCUT2D eigenvalue weighted by atomic mass is 9.97. The van der Waals surface area contributed by atoms with E-state index in [0.29, 0.717) is 12.2 Å². The van der Waals surface area contributed by atoms with E-state index >= 15 is 0 Å². The van der Waals surface area contributed by atoms with Crippen molar-refractivity contribution >= 4 is 5.78 Å². The predicted molar refractivity (Wildman–Crippen MR) is 70.4 cm³/mol. The summed E-state index contributed by atoms with van der Waals surface area (Å²) in [5.41, 5.74) is -0.379. The van der Waals surface area contributed by atoms with Gasteiger partial charge in [0.25, 0.3) is 0 Å². The normalized spacial score (nSPS) is 13.6. The SMILES string of the molecule is CCOC(C(=O)Cc1cccc(C(F)(F)F)c1)C(C)C. The van der Waals surface area contributed by atoms with E-state index in [9.17, 15) is 18.0 Å². The van der Waals surface area contributed by atoms with Crippen molar-refractivity contribution in [2.45, 2.75) is 39.5 Å². The van der Waals surface area contributed by atoms with Gasteiger partial charge in [-0.3, -0.25) is 4.79 Å². The van der Waals surface area contributed by atoms with Crippen molar-refractivity contribution in [2.75, 3.05) is 6.61 Å². The zero-order valence-electron chi connectivity index (χ0n) is 11.8. The van der Waals surface area contributed by atoms with Gasteiger partial charge < -0.3 is 4.74 Å². The van der Waals surface area contributed by atoms with Gasteiger partial charge in [-0.2, -0.15) is 13.2 Å². The number of benzene rings is 1. The molecule has 0 aromatic heterocycles. The third kappa shape index (κ3) is 4.63. The summed E-state index contributed by atoms with van der Waals surface area (Å²) in [7, 11) is 0. The number of Topliss-reactive ketones (excluding diaryl/α,β-unsaturated/α-hetero) is 1. The van der Waals surface area contributed by atoms with Crippen LogP contribution in [-0.2, 0) is 22.1 Å². The molecule has 1 unspecified atom stereocenters. The molecule has 0 aliphatic heterocycles. The molecule has 0 spiro atoms. The fraction of sp³-hybridized carbons (Fsp3) is 0.533. The maximum atomic E-state index is 12.6. The van der Waals surface area contributed by atoms with Crippen LogP contribution in [-0.4, -0.2) is 18.5 Å². The lowest BCUT2D eigenvalue weighted by Gasteiger charge is -2.19. The van der Waals surface area contributed by atoms with Gasteiger partial charge >= 0.3 is 6.18 Å². The molecule has 1 atom stereocenters. The number of carbonyl (C=O) groups is 1. The van der Waals surface area contributed by atoms with E-state index in [1.165, 1.54) is 12.1 Å². The van der Waals surface area contributed by atoms with Crippen LogP contribution in [0.1, 0.15) is 31.9 Å². The molecule has 0 aliphatic carbocycles. The van der Waals surface area contributed by atoms with Crippen molar-refractivity contribution in [3.63, 3.8) is 0 Å². The number of carbonyl (C=O) groups excluding carboxylic acids is 1. The van der Waals surface area contributed by atoms with Gasteiger partial charge in [0, 0.05) is 13.0 Å². The summed E-state index contributed by atoms with van der Waals surface area (Å²) in [4.78, 5) is 12.1. The van der Waals surface area contributed by atoms with E-state index in [2.05, 4.69) is 0 Å². The Morgan fingerprint density at radius 1 is 1.30 bits per heavy atom. The molecule has 0 N–H and O–H groups in total. The lowest BCUT2D eigenvalue weighted by Crippen LogP contribution is -2.31. The van der Waals surface area contributed by atoms with Crippen molar-refractivity contribution in [3.05, 3.63) is 35.4 Å². The van der Waals surface area contributed by atoms with Crippen molar-refractivity contribution < 1.29 is 22.7 Å². The molecule has 1 rings (SSSR count). The summed E-state index contributed by atoms with van der Waals surface area (Å²) >= 11 is 0. The molecule has 0 fully saturated rings. The van der Waals surface area contributed by atoms with Gasteiger partial charge in [-0.1, -0.05) is 32.0 Å². The maximum absolute atomic E-state index is 12.6. The first-order valence-corrected chi connectivity index (χ1v) is 6.56. The molecule has 20 heavy (non-hydrogen) atoms. The van der Waals surface area contributed by atoms with E-state index in [1.807, 2.05) is 13.8 Å². The van der Waals surface area contributed by atoms with Gasteiger partial charge in [0.2, 0.25) is 0 Å². The van der Waals surface area contributed by atoms with Gasteiger partial charge in [0.15, 0.2) is 5.78 Å². The van der Waals surface area contributed by atoms with Crippen LogP contribution in [0.3, 0.4) is 0 Å². The highest BCUT2D eigenvalue weighted by Gasteiger charge is 2.31. The lowest BCUT2D eigenvalue weighted by molar-refractivity contribution is -0.138. The number of alkyl halides is 3. The average molecular weight is 288 g/mol. The summed E-state index contributed by atoms with van der Waals surface area (Å²) in [6.07, 6.45) is -5.02. The van der Waals surface area contributed by atoms with Crippen molar-refractivity contribution in [2.24, 2.45) is 5.92 Å². The predicted octanol–water partition coefficient (Wildman–Crippen LogP) is 3.88. The van der Waals surface area contributed by atoms with Crippen LogP contribution in [0.15, 0.2) is 24.3 Å². The van der Waals surface area contributed by atoms with Crippen LogP contribution in [0.4, 0.5) is 13.2 Å². The topological polar surface area (TPSA) is 26.3 Å². The molecule has 112 valence electrons. The highest BCUT2D eigenvalue weighted by molar-refractivity contribution is 5.85. The first-order chi connectivity index (χ1) is 9.25. The molecule has 0 heterocycles. The first-order valence-electron chi connectivity index (χ1n) is 6.56. The quantitative estimate of drug-likeness (QED) is 0.794. The molecule has 5 heteroatoms. The Hall–Kier alpha value is -1.36. The van der Waals surface area contributed by atoms with Gasteiger partial charge in [0.05, 0.1) is 5.56 Å². The third-order valence-corrected chi connectivity index (χ3v) is 2.90.